The van der Waals surface area contributed by atoms with Crippen molar-refractivity contribution in [1.82, 2.24) is 20.2 Å². The van der Waals surface area contributed by atoms with Crippen LogP contribution in [-0.2, 0) is 14.3 Å². The predicted octanol–water partition coefficient (Wildman–Crippen LogP) is 3.09. The molecule has 25 heavy (non-hydrogen) atoms. The Morgan fingerprint density at radius 1 is 1.24 bits per heavy atom. The van der Waals surface area contributed by atoms with E-state index in [2.05, 4.69) is 36.3 Å². The Labute approximate surface area is 149 Å². The lowest BCUT2D eigenvalue weighted by Crippen LogP contribution is -2.35. The van der Waals surface area contributed by atoms with Gasteiger partial charge in [0.15, 0.2) is 11.9 Å². The van der Waals surface area contributed by atoms with Crippen LogP contribution in [0.5, 0.6) is 0 Å². The van der Waals surface area contributed by atoms with E-state index in [4.69, 9.17) is 9.47 Å². The van der Waals surface area contributed by atoms with Gasteiger partial charge in [-0.05, 0) is 60.8 Å². The zero-order valence-corrected chi connectivity index (χ0v) is 15.7. The van der Waals surface area contributed by atoms with Crippen molar-refractivity contribution in [3.63, 3.8) is 0 Å². The fraction of sp³-hybridized carbons (Fsp3) is 0.889. The van der Waals surface area contributed by atoms with E-state index >= 15 is 0 Å². The molecule has 1 heterocycles. The second kappa shape index (κ2) is 7.81. The predicted molar refractivity (Wildman–Crippen MR) is 91.7 cm³/mol. The van der Waals surface area contributed by atoms with E-state index in [0.717, 1.165) is 19.3 Å². The van der Waals surface area contributed by atoms with Gasteiger partial charge >= 0.3 is 5.97 Å². The molecule has 2 aliphatic carbocycles. The maximum Gasteiger partial charge on any atom is 0.332 e. The Morgan fingerprint density at radius 3 is 2.68 bits per heavy atom. The molecule has 2 fully saturated rings. The molecule has 7 nitrogen and oxygen atoms in total. The Kier molecular flexibility index (Phi) is 5.71. The Morgan fingerprint density at radius 2 is 2.00 bits per heavy atom. The van der Waals surface area contributed by atoms with Gasteiger partial charge in [0.2, 0.25) is 0 Å². The fourth-order valence-corrected chi connectivity index (χ4v) is 3.81. The summed E-state index contributed by atoms with van der Waals surface area (Å²) in [6.07, 6.45) is 5.28. The molecule has 0 aliphatic heterocycles. The SMILES string of the molecule is CC1CCC(C(C)C)C(OCC(=O)OC(C)c2nnnn2C2CC2)C1. The number of hydrogen-bond acceptors (Lipinski definition) is 6. The Hall–Kier alpha value is -1.50. The topological polar surface area (TPSA) is 79.1 Å². The van der Waals surface area contributed by atoms with Crippen LogP contribution >= 0.6 is 0 Å². The van der Waals surface area contributed by atoms with Gasteiger partial charge in [-0.3, -0.25) is 0 Å². The van der Waals surface area contributed by atoms with E-state index in [-0.39, 0.29) is 18.7 Å². The third-order valence-electron chi connectivity index (χ3n) is 5.46. The molecule has 0 aromatic carbocycles. The van der Waals surface area contributed by atoms with E-state index in [1.54, 1.807) is 4.68 Å². The van der Waals surface area contributed by atoms with Gasteiger partial charge in [0.1, 0.15) is 6.61 Å². The maximum atomic E-state index is 12.2. The summed E-state index contributed by atoms with van der Waals surface area (Å²) in [5.74, 6) is 2.00. The highest BCUT2D eigenvalue weighted by Gasteiger charge is 2.33. The first-order chi connectivity index (χ1) is 12.0. The lowest BCUT2D eigenvalue weighted by Gasteiger charge is -2.36. The molecular formula is C18H30N4O3. The van der Waals surface area contributed by atoms with Crippen molar-refractivity contribution in [2.45, 2.75) is 78.0 Å². The summed E-state index contributed by atoms with van der Waals surface area (Å²) < 4.78 is 13.2. The van der Waals surface area contributed by atoms with E-state index in [9.17, 15) is 4.79 Å². The van der Waals surface area contributed by atoms with Crippen molar-refractivity contribution in [1.29, 1.82) is 0 Å². The van der Waals surface area contributed by atoms with Crippen molar-refractivity contribution in [3.8, 4) is 0 Å². The first kappa shape index (κ1) is 18.3. The Bertz CT molecular complexity index is 585. The average Bonchev–Trinajstić information content (AvgIpc) is 3.29. The highest BCUT2D eigenvalue weighted by Crippen LogP contribution is 2.36. The van der Waals surface area contributed by atoms with Crippen LogP contribution < -0.4 is 0 Å². The summed E-state index contributed by atoms with van der Waals surface area (Å²) in [5.41, 5.74) is 0. The molecule has 1 aromatic heterocycles. The summed E-state index contributed by atoms with van der Waals surface area (Å²) in [4.78, 5) is 12.2. The normalized spacial score (nSPS) is 28.1. The highest BCUT2D eigenvalue weighted by atomic mass is 16.6. The van der Waals surface area contributed by atoms with Crippen molar-refractivity contribution >= 4 is 5.97 Å². The van der Waals surface area contributed by atoms with Gasteiger partial charge in [-0.15, -0.1) is 5.10 Å². The third kappa shape index (κ3) is 4.57. The number of ether oxygens (including phenoxy) is 2. The van der Waals surface area contributed by atoms with Gasteiger partial charge in [-0.25, -0.2) is 9.48 Å². The lowest BCUT2D eigenvalue weighted by atomic mass is 9.75. The molecule has 0 saturated heterocycles. The van der Waals surface area contributed by atoms with Crippen molar-refractivity contribution in [3.05, 3.63) is 5.82 Å². The van der Waals surface area contributed by atoms with Crippen molar-refractivity contribution in [2.24, 2.45) is 17.8 Å². The number of esters is 1. The van der Waals surface area contributed by atoms with Crippen LogP contribution in [-0.4, -0.2) is 38.9 Å². The van der Waals surface area contributed by atoms with Crippen LogP contribution in [0.2, 0.25) is 0 Å². The minimum atomic E-state index is -0.460. The Balaban J connectivity index is 1.50. The minimum Gasteiger partial charge on any atom is -0.453 e. The smallest absolute Gasteiger partial charge is 0.332 e. The molecule has 0 spiro atoms. The number of aromatic nitrogens is 4. The second-order valence-electron chi connectivity index (χ2n) is 8.02. The summed E-state index contributed by atoms with van der Waals surface area (Å²) in [6, 6.07) is 0.359. The molecule has 0 bridgehead atoms. The zero-order chi connectivity index (χ0) is 18.0. The average molecular weight is 350 g/mol. The molecule has 2 aliphatic rings. The standard InChI is InChI=1S/C18H30N4O3/c1-11(2)15-8-5-12(3)9-16(15)24-10-17(23)25-13(4)18-19-20-21-22(18)14-6-7-14/h11-16H,5-10H2,1-4H3. The molecule has 3 rings (SSSR count). The number of carbonyl (C=O) groups is 1. The van der Waals surface area contributed by atoms with Crippen LogP contribution in [0.1, 0.15) is 77.8 Å². The van der Waals surface area contributed by atoms with Crippen LogP contribution in [0.4, 0.5) is 0 Å². The van der Waals surface area contributed by atoms with Gasteiger partial charge in [0, 0.05) is 0 Å². The van der Waals surface area contributed by atoms with Crippen LogP contribution in [0, 0.1) is 17.8 Å². The number of nitrogens with zero attached hydrogens (tertiary/aromatic N) is 4. The molecule has 2 saturated carbocycles. The minimum absolute atomic E-state index is 0.00403. The van der Waals surface area contributed by atoms with Gasteiger partial charge in [-0.2, -0.15) is 0 Å². The molecule has 140 valence electrons. The first-order valence-corrected chi connectivity index (χ1v) is 9.54. The molecule has 7 heteroatoms. The summed E-state index contributed by atoms with van der Waals surface area (Å²) in [6.45, 7) is 8.52. The van der Waals surface area contributed by atoms with Crippen LogP contribution in [0.25, 0.3) is 0 Å². The molecule has 4 atom stereocenters. The maximum absolute atomic E-state index is 12.2. The van der Waals surface area contributed by atoms with Gasteiger partial charge in [-0.1, -0.05) is 27.2 Å². The number of tetrazole rings is 1. The quantitative estimate of drug-likeness (QED) is 0.703. The van der Waals surface area contributed by atoms with Crippen LogP contribution in [0.15, 0.2) is 0 Å². The zero-order valence-electron chi connectivity index (χ0n) is 15.7. The van der Waals surface area contributed by atoms with Gasteiger partial charge in [0.25, 0.3) is 0 Å². The summed E-state index contributed by atoms with van der Waals surface area (Å²) in [7, 11) is 0. The summed E-state index contributed by atoms with van der Waals surface area (Å²) in [5, 5.41) is 11.7. The monoisotopic (exact) mass is 350 g/mol. The van der Waals surface area contributed by atoms with Gasteiger partial charge < -0.3 is 9.47 Å². The molecule has 0 amide bonds. The number of carbonyl (C=O) groups excluding carboxylic acids is 1. The molecule has 0 N–H and O–H groups in total. The molecule has 0 radical (unpaired) electrons. The van der Waals surface area contributed by atoms with Gasteiger partial charge in [0.05, 0.1) is 12.1 Å². The van der Waals surface area contributed by atoms with E-state index in [1.807, 2.05) is 6.92 Å². The third-order valence-corrected chi connectivity index (χ3v) is 5.46. The molecule has 4 unspecified atom stereocenters. The van der Waals surface area contributed by atoms with Crippen molar-refractivity contribution < 1.29 is 14.3 Å². The molecular weight excluding hydrogens is 320 g/mol. The summed E-state index contributed by atoms with van der Waals surface area (Å²) >= 11 is 0. The van der Waals surface area contributed by atoms with E-state index in [1.165, 1.54) is 12.8 Å². The number of rotatable bonds is 7. The lowest BCUT2D eigenvalue weighted by molar-refractivity contribution is -0.159. The first-order valence-electron chi connectivity index (χ1n) is 9.54. The fourth-order valence-electron chi connectivity index (χ4n) is 3.81. The second-order valence-corrected chi connectivity index (χ2v) is 8.02. The molecule has 1 aromatic rings. The van der Waals surface area contributed by atoms with E-state index < -0.39 is 6.10 Å². The largest absolute Gasteiger partial charge is 0.453 e. The highest BCUT2D eigenvalue weighted by molar-refractivity contribution is 5.70. The van der Waals surface area contributed by atoms with Crippen molar-refractivity contribution in [2.75, 3.05) is 6.61 Å². The van der Waals surface area contributed by atoms with Crippen LogP contribution in [0.3, 0.4) is 0 Å². The number of hydrogen-bond donors (Lipinski definition) is 0. The van der Waals surface area contributed by atoms with E-state index in [0.29, 0.717) is 29.6 Å².